The molecule has 0 aliphatic carbocycles. The van der Waals surface area contributed by atoms with Crippen molar-refractivity contribution in [2.75, 3.05) is 6.54 Å². The Morgan fingerprint density at radius 1 is 1.19 bits per heavy atom. The molecular weight excluding hydrogens is 284 g/mol. The summed E-state index contributed by atoms with van der Waals surface area (Å²) in [4.78, 5) is 0.438. The van der Waals surface area contributed by atoms with E-state index < -0.39 is 10.0 Å². The van der Waals surface area contributed by atoms with Crippen molar-refractivity contribution in [3.8, 4) is 0 Å². The topological polar surface area (TPSA) is 63.4 Å². The van der Waals surface area contributed by atoms with Crippen LogP contribution < -0.4 is 5.73 Å². The van der Waals surface area contributed by atoms with Gasteiger partial charge in [0, 0.05) is 18.6 Å². The van der Waals surface area contributed by atoms with Crippen molar-refractivity contribution in [2.24, 2.45) is 5.73 Å². The summed E-state index contributed by atoms with van der Waals surface area (Å²) >= 11 is 0. The van der Waals surface area contributed by atoms with Gasteiger partial charge in [0.1, 0.15) is 0 Å². The zero-order chi connectivity index (χ0) is 15.6. The highest BCUT2D eigenvalue weighted by Crippen LogP contribution is 2.31. The maximum Gasteiger partial charge on any atom is 0.243 e. The fourth-order valence-corrected chi connectivity index (χ4v) is 5.20. The van der Waals surface area contributed by atoms with Crippen LogP contribution in [0.25, 0.3) is 0 Å². The normalized spacial score (nSPS) is 22.4. The molecule has 1 heterocycles. The minimum absolute atomic E-state index is 0.0935. The Morgan fingerprint density at radius 3 is 2.48 bits per heavy atom. The summed E-state index contributed by atoms with van der Waals surface area (Å²) in [6.07, 6.45) is 2.80. The third kappa shape index (κ3) is 3.30. The van der Waals surface area contributed by atoms with Gasteiger partial charge in [0.05, 0.1) is 4.90 Å². The van der Waals surface area contributed by atoms with Crippen LogP contribution in [0.2, 0.25) is 0 Å². The third-order valence-electron chi connectivity index (χ3n) is 4.23. The quantitative estimate of drug-likeness (QED) is 0.930. The molecule has 1 fully saturated rings. The first kappa shape index (κ1) is 16.5. The summed E-state index contributed by atoms with van der Waals surface area (Å²) in [5.41, 5.74) is 6.91. The second-order valence-electron chi connectivity index (χ2n) is 6.23. The van der Waals surface area contributed by atoms with E-state index in [1.54, 1.807) is 16.4 Å². The van der Waals surface area contributed by atoms with E-state index in [9.17, 15) is 8.42 Å². The van der Waals surface area contributed by atoms with Gasteiger partial charge in [0.25, 0.3) is 0 Å². The van der Waals surface area contributed by atoms with Gasteiger partial charge in [0.15, 0.2) is 0 Å². The number of hydrogen-bond acceptors (Lipinski definition) is 3. The Kier molecular flexibility index (Phi) is 5.07. The Labute approximate surface area is 128 Å². The molecule has 0 aromatic heterocycles. The number of piperidine rings is 1. The second kappa shape index (κ2) is 6.46. The van der Waals surface area contributed by atoms with Crippen LogP contribution in [-0.2, 0) is 10.0 Å². The SMILES string of the molecule is CC(C)c1ccccc1S(=O)(=O)N1CCCCC1C(C)N. The van der Waals surface area contributed by atoms with E-state index in [1.807, 2.05) is 32.9 Å². The van der Waals surface area contributed by atoms with E-state index in [0.29, 0.717) is 11.4 Å². The number of benzene rings is 1. The number of rotatable bonds is 4. The molecule has 1 aliphatic heterocycles. The zero-order valence-corrected chi connectivity index (χ0v) is 13.9. The first-order valence-electron chi connectivity index (χ1n) is 7.72. The maximum atomic E-state index is 13.1. The van der Waals surface area contributed by atoms with E-state index in [0.717, 1.165) is 24.8 Å². The van der Waals surface area contributed by atoms with Crippen LogP contribution in [-0.4, -0.2) is 31.4 Å². The highest BCUT2D eigenvalue weighted by atomic mass is 32.2. The molecule has 21 heavy (non-hydrogen) atoms. The monoisotopic (exact) mass is 310 g/mol. The van der Waals surface area contributed by atoms with E-state index in [2.05, 4.69) is 0 Å². The van der Waals surface area contributed by atoms with Gasteiger partial charge in [-0.1, -0.05) is 38.5 Å². The van der Waals surface area contributed by atoms with E-state index in [4.69, 9.17) is 5.73 Å². The summed E-state index contributed by atoms with van der Waals surface area (Å²) in [7, 11) is -3.48. The zero-order valence-electron chi connectivity index (χ0n) is 13.1. The largest absolute Gasteiger partial charge is 0.326 e. The first-order valence-corrected chi connectivity index (χ1v) is 9.16. The van der Waals surface area contributed by atoms with Crippen molar-refractivity contribution in [3.63, 3.8) is 0 Å². The molecule has 1 saturated heterocycles. The molecule has 2 rings (SSSR count). The van der Waals surface area contributed by atoms with Crippen molar-refractivity contribution in [3.05, 3.63) is 29.8 Å². The molecular formula is C16H26N2O2S. The average Bonchev–Trinajstić information content (AvgIpc) is 2.47. The lowest BCUT2D eigenvalue weighted by atomic mass is 10.00. The number of nitrogens with zero attached hydrogens (tertiary/aromatic N) is 1. The van der Waals surface area contributed by atoms with E-state index in [-0.39, 0.29) is 18.0 Å². The molecule has 0 saturated carbocycles. The average molecular weight is 310 g/mol. The first-order chi connectivity index (χ1) is 9.85. The van der Waals surface area contributed by atoms with Crippen molar-refractivity contribution >= 4 is 10.0 Å². The van der Waals surface area contributed by atoms with Crippen molar-refractivity contribution in [1.29, 1.82) is 0 Å². The minimum Gasteiger partial charge on any atom is -0.326 e. The lowest BCUT2D eigenvalue weighted by Crippen LogP contribution is -2.51. The summed E-state index contributed by atoms with van der Waals surface area (Å²) in [6.45, 7) is 6.51. The molecule has 0 radical (unpaired) electrons. The van der Waals surface area contributed by atoms with E-state index >= 15 is 0 Å². The van der Waals surface area contributed by atoms with Crippen LogP contribution in [0.15, 0.2) is 29.2 Å². The Hall–Kier alpha value is -0.910. The lowest BCUT2D eigenvalue weighted by Gasteiger charge is -2.37. The van der Waals surface area contributed by atoms with Gasteiger partial charge in [-0.05, 0) is 37.3 Å². The number of nitrogens with two attached hydrogens (primary N) is 1. The molecule has 1 aliphatic rings. The highest BCUT2D eigenvalue weighted by Gasteiger charge is 2.36. The molecule has 4 nitrogen and oxygen atoms in total. The fraction of sp³-hybridized carbons (Fsp3) is 0.625. The van der Waals surface area contributed by atoms with Crippen LogP contribution in [0.5, 0.6) is 0 Å². The van der Waals surface area contributed by atoms with Crippen LogP contribution in [0.1, 0.15) is 51.5 Å². The van der Waals surface area contributed by atoms with Crippen molar-refractivity contribution in [2.45, 2.75) is 62.9 Å². The molecule has 0 spiro atoms. The van der Waals surface area contributed by atoms with Gasteiger partial charge < -0.3 is 5.73 Å². The summed E-state index contributed by atoms with van der Waals surface area (Å²) in [6, 6.07) is 7.08. The van der Waals surface area contributed by atoms with Gasteiger partial charge >= 0.3 is 0 Å². The van der Waals surface area contributed by atoms with Crippen LogP contribution in [0, 0.1) is 0 Å². The molecule has 0 amide bonds. The number of hydrogen-bond donors (Lipinski definition) is 1. The van der Waals surface area contributed by atoms with Gasteiger partial charge in [-0.15, -0.1) is 0 Å². The molecule has 0 bridgehead atoms. The predicted octanol–water partition coefficient (Wildman–Crippen LogP) is 2.70. The van der Waals surface area contributed by atoms with E-state index in [1.165, 1.54) is 0 Å². The van der Waals surface area contributed by atoms with Crippen LogP contribution in [0.4, 0.5) is 0 Å². The van der Waals surface area contributed by atoms with Gasteiger partial charge in [-0.2, -0.15) is 4.31 Å². The molecule has 2 N–H and O–H groups in total. The lowest BCUT2D eigenvalue weighted by molar-refractivity contribution is 0.227. The van der Waals surface area contributed by atoms with Crippen molar-refractivity contribution < 1.29 is 8.42 Å². The molecule has 1 aromatic carbocycles. The predicted molar refractivity (Wildman–Crippen MR) is 85.7 cm³/mol. The summed E-state index contributed by atoms with van der Waals surface area (Å²) in [5.74, 6) is 0.175. The number of sulfonamides is 1. The van der Waals surface area contributed by atoms with Gasteiger partial charge in [0.2, 0.25) is 10.0 Å². The molecule has 5 heteroatoms. The Bertz CT molecular complexity index is 582. The maximum absolute atomic E-state index is 13.1. The molecule has 2 atom stereocenters. The Balaban J connectivity index is 2.46. The second-order valence-corrected chi connectivity index (χ2v) is 8.09. The Morgan fingerprint density at radius 2 is 1.86 bits per heavy atom. The molecule has 2 unspecified atom stereocenters. The van der Waals surface area contributed by atoms with Crippen LogP contribution >= 0.6 is 0 Å². The molecule has 118 valence electrons. The summed E-state index contributed by atoms with van der Waals surface area (Å²) < 4.78 is 27.8. The highest BCUT2D eigenvalue weighted by molar-refractivity contribution is 7.89. The van der Waals surface area contributed by atoms with Crippen LogP contribution in [0.3, 0.4) is 0 Å². The molecule has 1 aromatic rings. The third-order valence-corrected chi connectivity index (χ3v) is 6.23. The smallest absolute Gasteiger partial charge is 0.243 e. The fourth-order valence-electron chi connectivity index (χ4n) is 3.07. The summed E-state index contributed by atoms with van der Waals surface area (Å²) in [5, 5.41) is 0. The van der Waals surface area contributed by atoms with Crippen molar-refractivity contribution in [1.82, 2.24) is 4.31 Å². The standard InChI is InChI=1S/C16H26N2O2S/c1-12(2)14-8-4-5-10-16(14)21(19,20)18-11-7-6-9-15(18)13(3)17/h4-5,8,10,12-13,15H,6-7,9,11,17H2,1-3H3. The van der Waals surface area contributed by atoms with Gasteiger partial charge in [-0.25, -0.2) is 8.42 Å². The van der Waals surface area contributed by atoms with Gasteiger partial charge in [-0.3, -0.25) is 0 Å². The minimum atomic E-state index is -3.48.